The maximum atomic E-state index is 13.0. The molecule has 0 unspecified atom stereocenters. The Morgan fingerprint density at radius 3 is 2.88 bits per heavy atom. The summed E-state index contributed by atoms with van der Waals surface area (Å²) in [6, 6.07) is 3.54. The molecule has 1 amide bonds. The van der Waals surface area contributed by atoms with Gasteiger partial charge in [-0.3, -0.25) is 9.59 Å². The average molecular weight is 237 g/mol. The van der Waals surface area contributed by atoms with E-state index in [4.69, 9.17) is 4.74 Å². The fourth-order valence-electron chi connectivity index (χ4n) is 1.12. The Balaban J connectivity index is 2.56. The largest absolute Gasteiger partial charge is 0.484 e. The monoisotopic (exact) mass is 237 g/mol. The van der Waals surface area contributed by atoms with Crippen LogP contribution in [0.25, 0.3) is 0 Å². The second-order valence-corrected chi connectivity index (χ2v) is 3.22. The van der Waals surface area contributed by atoms with E-state index >= 15 is 0 Å². The van der Waals surface area contributed by atoms with E-state index < -0.39 is 5.82 Å². The van der Waals surface area contributed by atoms with Gasteiger partial charge in [-0.15, -0.1) is 6.58 Å². The van der Waals surface area contributed by atoms with Crippen LogP contribution < -0.4 is 10.1 Å². The summed E-state index contributed by atoms with van der Waals surface area (Å²) in [5.74, 6) is -0.793. The molecular weight excluding hydrogens is 225 g/mol. The summed E-state index contributed by atoms with van der Waals surface area (Å²) >= 11 is 0. The Kier molecular flexibility index (Phi) is 4.87. The van der Waals surface area contributed by atoms with E-state index in [-0.39, 0.29) is 23.8 Å². The van der Waals surface area contributed by atoms with Crippen LogP contribution in [0.3, 0.4) is 0 Å². The number of hydrogen-bond acceptors (Lipinski definition) is 3. The van der Waals surface area contributed by atoms with Gasteiger partial charge in [0.05, 0.1) is 0 Å². The van der Waals surface area contributed by atoms with Crippen molar-refractivity contribution < 1.29 is 18.7 Å². The summed E-state index contributed by atoms with van der Waals surface area (Å²) in [7, 11) is 0. The fraction of sp³-hybridized carbons (Fsp3) is 0.167. The lowest BCUT2D eigenvalue weighted by atomic mass is 10.2. The summed E-state index contributed by atoms with van der Waals surface area (Å²) in [5, 5.41) is 2.50. The molecule has 0 spiro atoms. The van der Waals surface area contributed by atoms with Crippen LogP contribution in [-0.2, 0) is 4.79 Å². The summed E-state index contributed by atoms with van der Waals surface area (Å²) in [6.07, 6.45) is 2.04. The number of nitrogens with one attached hydrogen (secondary N) is 1. The van der Waals surface area contributed by atoms with E-state index in [1.807, 2.05) is 0 Å². The smallest absolute Gasteiger partial charge is 0.258 e. The van der Waals surface area contributed by atoms with Crippen molar-refractivity contribution in [1.82, 2.24) is 5.32 Å². The number of benzene rings is 1. The van der Waals surface area contributed by atoms with Gasteiger partial charge in [0.2, 0.25) is 0 Å². The molecular formula is C12H12FNO3. The molecule has 0 saturated carbocycles. The third kappa shape index (κ3) is 4.46. The molecule has 1 aromatic rings. The van der Waals surface area contributed by atoms with Crippen LogP contribution >= 0.6 is 0 Å². The number of rotatable bonds is 6. The van der Waals surface area contributed by atoms with Gasteiger partial charge in [-0.05, 0) is 12.1 Å². The molecule has 90 valence electrons. The van der Waals surface area contributed by atoms with Crippen molar-refractivity contribution in [1.29, 1.82) is 0 Å². The lowest BCUT2D eigenvalue weighted by molar-refractivity contribution is -0.122. The molecule has 5 heteroatoms. The summed E-state index contributed by atoms with van der Waals surface area (Å²) in [4.78, 5) is 21.6. The van der Waals surface area contributed by atoms with Crippen LogP contribution in [0, 0.1) is 5.82 Å². The molecule has 1 N–H and O–H groups in total. The molecule has 1 aromatic carbocycles. The van der Waals surface area contributed by atoms with Crippen molar-refractivity contribution in [2.24, 2.45) is 0 Å². The van der Waals surface area contributed by atoms with Crippen LogP contribution in [0.1, 0.15) is 10.4 Å². The molecule has 0 bridgehead atoms. The van der Waals surface area contributed by atoms with E-state index in [0.29, 0.717) is 12.8 Å². The molecule has 0 aliphatic rings. The predicted molar refractivity (Wildman–Crippen MR) is 60.5 cm³/mol. The van der Waals surface area contributed by atoms with Gasteiger partial charge >= 0.3 is 0 Å². The first-order valence-corrected chi connectivity index (χ1v) is 4.92. The fourth-order valence-corrected chi connectivity index (χ4v) is 1.12. The van der Waals surface area contributed by atoms with Crippen molar-refractivity contribution in [2.45, 2.75) is 0 Å². The van der Waals surface area contributed by atoms with E-state index in [1.165, 1.54) is 12.1 Å². The molecule has 0 radical (unpaired) electrons. The third-order valence-corrected chi connectivity index (χ3v) is 1.84. The lowest BCUT2D eigenvalue weighted by Crippen LogP contribution is -2.28. The minimum Gasteiger partial charge on any atom is -0.484 e. The first kappa shape index (κ1) is 12.9. The van der Waals surface area contributed by atoms with Crippen LogP contribution in [-0.4, -0.2) is 25.3 Å². The summed E-state index contributed by atoms with van der Waals surface area (Å²) in [5.41, 5.74) is 0.159. The van der Waals surface area contributed by atoms with Gasteiger partial charge in [0, 0.05) is 18.2 Å². The van der Waals surface area contributed by atoms with E-state index in [9.17, 15) is 14.0 Å². The highest BCUT2D eigenvalue weighted by Gasteiger charge is 2.04. The molecule has 0 heterocycles. The minimum atomic E-state index is -0.587. The van der Waals surface area contributed by atoms with Gasteiger partial charge in [-0.2, -0.15) is 0 Å². The van der Waals surface area contributed by atoms with Gasteiger partial charge in [0.1, 0.15) is 17.9 Å². The van der Waals surface area contributed by atoms with Gasteiger partial charge in [-0.1, -0.05) is 6.08 Å². The Morgan fingerprint density at radius 2 is 2.24 bits per heavy atom. The molecule has 0 fully saturated rings. The SMILES string of the molecule is C=CCNC(=O)COc1cc(F)cc(C=O)c1. The van der Waals surface area contributed by atoms with E-state index in [1.54, 1.807) is 0 Å². The van der Waals surface area contributed by atoms with Crippen LogP contribution in [0.15, 0.2) is 30.9 Å². The number of ether oxygens (including phenoxy) is 1. The van der Waals surface area contributed by atoms with Crippen molar-refractivity contribution in [3.8, 4) is 5.75 Å². The Morgan fingerprint density at radius 1 is 1.47 bits per heavy atom. The highest BCUT2D eigenvalue weighted by molar-refractivity contribution is 5.78. The number of aldehydes is 1. The molecule has 17 heavy (non-hydrogen) atoms. The normalized spacial score (nSPS) is 9.47. The molecule has 0 aromatic heterocycles. The number of halogens is 1. The van der Waals surface area contributed by atoms with E-state index in [2.05, 4.69) is 11.9 Å². The average Bonchev–Trinajstić information content (AvgIpc) is 2.33. The first-order chi connectivity index (χ1) is 8.15. The van der Waals surface area contributed by atoms with Crippen molar-refractivity contribution in [3.05, 3.63) is 42.2 Å². The summed E-state index contributed by atoms with van der Waals surface area (Å²) < 4.78 is 18.0. The Hall–Kier alpha value is -2.17. The van der Waals surface area contributed by atoms with E-state index in [0.717, 1.165) is 12.1 Å². The number of carbonyl (C=O) groups excluding carboxylic acids is 2. The Labute approximate surface area is 98.1 Å². The zero-order chi connectivity index (χ0) is 12.7. The van der Waals surface area contributed by atoms with Crippen LogP contribution in [0.2, 0.25) is 0 Å². The second-order valence-electron chi connectivity index (χ2n) is 3.22. The molecule has 0 saturated heterocycles. The molecule has 0 aliphatic carbocycles. The molecule has 1 rings (SSSR count). The maximum Gasteiger partial charge on any atom is 0.258 e. The van der Waals surface area contributed by atoms with Gasteiger partial charge in [0.15, 0.2) is 6.61 Å². The highest BCUT2D eigenvalue weighted by Crippen LogP contribution is 2.15. The highest BCUT2D eigenvalue weighted by atomic mass is 19.1. The van der Waals surface area contributed by atoms with Gasteiger partial charge < -0.3 is 10.1 Å². The van der Waals surface area contributed by atoms with Crippen LogP contribution in [0.4, 0.5) is 4.39 Å². The summed E-state index contributed by atoms with van der Waals surface area (Å²) in [6.45, 7) is 3.54. The van der Waals surface area contributed by atoms with Crippen molar-refractivity contribution in [2.75, 3.05) is 13.2 Å². The zero-order valence-corrected chi connectivity index (χ0v) is 9.11. The van der Waals surface area contributed by atoms with Gasteiger partial charge in [0.25, 0.3) is 5.91 Å². The Bertz CT molecular complexity index is 432. The molecule has 4 nitrogen and oxygen atoms in total. The van der Waals surface area contributed by atoms with Crippen molar-refractivity contribution >= 4 is 12.2 Å². The zero-order valence-electron chi connectivity index (χ0n) is 9.11. The molecule has 0 atom stereocenters. The third-order valence-electron chi connectivity index (χ3n) is 1.84. The number of amides is 1. The second kappa shape index (κ2) is 6.42. The van der Waals surface area contributed by atoms with Crippen molar-refractivity contribution in [3.63, 3.8) is 0 Å². The minimum absolute atomic E-state index is 0.140. The maximum absolute atomic E-state index is 13.0. The standard InChI is InChI=1S/C12H12FNO3/c1-2-3-14-12(16)8-17-11-5-9(7-15)4-10(13)6-11/h2,4-7H,1,3,8H2,(H,14,16). The predicted octanol–water partition coefficient (Wildman–Crippen LogP) is 1.32. The number of hydrogen-bond donors (Lipinski definition) is 1. The quantitative estimate of drug-likeness (QED) is 0.599. The first-order valence-electron chi connectivity index (χ1n) is 4.92. The topological polar surface area (TPSA) is 55.4 Å². The molecule has 0 aliphatic heterocycles. The lowest BCUT2D eigenvalue weighted by Gasteiger charge is -2.06. The number of carbonyl (C=O) groups is 2. The van der Waals surface area contributed by atoms with Crippen LogP contribution in [0.5, 0.6) is 5.75 Å². The van der Waals surface area contributed by atoms with Gasteiger partial charge in [-0.25, -0.2) is 4.39 Å².